The van der Waals surface area contributed by atoms with Crippen LogP contribution in [-0.2, 0) is 22.9 Å². The average molecular weight is 347 g/mol. The number of rotatable bonds is 2. The van der Waals surface area contributed by atoms with Gasteiger partial charge in [-0.15, -0.1) is 0 Å². The number of nitrogens with zero attached hydrogens (tertiary/aromatic N) is 3. The van der Waals surface area contributed by atoms with Crippen molar-refractivity contribution in [2.75, 3.05) is 12.3 Å². The second-order valence-corrected chi connectivity index (χ2v) is 8.09. The molecule has 2 heterocycles. The van der Waals surface area contributed by atoms with E-state index in [2.05, 4.69) is 5.10 Å². The normalized spacial score (nSPS) is 16.5. The predicted octanol–water partition coefficient (Wildman–Crippen LogP) is 1.95. The number of hydrogen-bond acceptors (Lipinski definition) is 4. The Hall–Kier alpha value is -2.15. The van der Waals surface area contributed by atoms with Crippen LogP contribution in [0.3, 0.4) is 0 Å². The molecule has 24 heavy (non-hydrogen) atoms. The molecule has 0 unspecified atom stereocenters. The molecule has 1 aliphatic heterocycles. The van der Waals surface area contributed by atoms with E-state index in [1.807, 2.05) is 20.8 Å². The van der Waals surface area contributed by atoms with Gasteiger partial charge in [-0.05, 0) is 32.4 Å². The number of benzene rings is 1. The van der Waals surface area contributed by atoms with Gasteiger partial charge in [0.15, 0.2) is 9.84 Å². The fourth-order valence-electron chi connectivity index (χ4n) is 3.21. The molecule has 0 bridgehead atoms. The van der Waals surface area contributed by atoms with E-state index in [0.717, 1.165) is 5.69 Å². The van der Waals surface area contributed by atoms with Gasteiger partial charge in [0.1, 0.15) is 0 Å². The van der Waals surface area contributed by atoms with E-state index in [0.29, 0.717) is 34.8 Å². The molecule has 0 fully saturated rings. The molecule has 0 radical (unpaired) electrons. The molecule has 2 aromatic rings. The minimum Gasteiger partial charge on any atom is -0.333 e. The van der Waals surface area contributed by atoms with E-state index in [-0.39, 0.29) is 18.2 Å². The molecular formula is C17H21N3O3S. The molecule has 1 aromatic heterocycles. The minimum absolute atomic E-state index is 0.0598. The molecule has 3 rings (SSSR count). The lowest BCUT2D eigenvalue weighted by molar-refractivity contribution is 0.0753. The van der Waals surface area contributed by atoms with Gasteiger partial charge < -0.3 is 4.90 Å². The number of hydrogen-bond donors (Lipinski definition) is 0. The highest BCUT2D eigenvalue weighted by Gasteiger charge is 2.30. The van der Waals surface area contributed by atoms with Gasteiger partial charge in [-0.3, -0.25) is 9.48 Å². The second-order valence-electron chi connectivity index (χ2n) is 6.01. The summed E-state index contributed by atoms with van der Waals surface area (Å²) < 4.78 is 26.7. The first-order valence-electron chi connectivity index (χ1n) is 7.99. The van der Waals surface area contributed by atoms with Crippen LogP contribution in [0.4, 0.5) is 0 Å². The van der Waals surface area contributed by atoms with E-state index in [1.165, 1.54) is 0 Å². The first-order valence-corrected chi connectivity index (χ1v) is 9.64. The molecule has 0 saturated carbocycles. The Labute approximate surface area is 142 Å². The third-order valence-corrected chi connectivity index (χ3v) is 6.27. The lowest BCUT2D eigenvalue weighted by Gasteiger charge is -2.20. The van der Waals surface area contributed by atoms with Crippen LogP contribution < -0.4 is 0 Å². The standard InChI is InChI=1S/C17H21N3O3S/c1-4-20-13(3)16(12(2)18-20)17(21)19-9-10-24(22,23)15-8-6-5-7-14(15)11-19/h5-8H,4,9-11H2,1-3H3. The van der Waals surface area contributed by atoms with Crippen LogP contribution in [-0.4, -0.2) is 41.3 Å². The third-order valence-electron chi connectivity index (χ3n) is 4.48. The zero-order chi connectivity index (χ0) is 17.5. The summed E-state index contributed by atoms with van der Waals surface area (Å²) in [7, 11) is -3.36. The van der Waals surface area contributed by atoms with Crippen molar-refractivity contribution in [3.63, 3.8) is 0 Å². The van der Waals surface area contributed by atoms with Gasteiger partial charge in [-0.2, -0.15) is 5.10 Å². The first kappa shape index (κ1) is 16.7. The summed E-state index contributed by atoms with van der Waals surface area (Å²) in [5, 5.41) is 4.39. The Morgan fingerprint density at radius 3 is 2.62 bits per heavy atom. The molecule has 0 spiro atoms. The highest BCUT2D eigenvalue weighted by molar-refractivity contribution is 7.91. The topological polar surface area (TPSA) is 72.3 Å². The van der Waals surface area contributed by atoms with Crippen molar-refractivity contribution >= 4 is 15.7 Å². The summed E-state index contributed by atoms with van der Waals surface area (Å²) in [6.45, 7) is 6.84. The summed E-state index contributed by atoms with van der Waals surface area (Å²) in [4.78, 5) is 15.0. The van der Waals surface area contributed by atoms with Crippen molar-refractivity contribution in [2.24, 2.45) is 0 Å². The minimum atomic E-state index is -3.36. The largest absolute Gasteiger partial charge is 0.333 e. The number of sulfone groups is 1. The zero-order valence-corrected chi connectivity index (χ0v) is 14.9. The van der Waals surface area contributed by atoms with Crippen LogP contribution >= 0.6 is 0 Å². The summed E-state index contributed by atoms with van der Waals surface area (Å²) in [6, 6.07) is 6.90. The number of aryl methyl sites for hydroxylation is 2. The van der Waals surface area contributed by atoms with Gasteiger partial charge in [-0.1, -0.05) is 18.2 Å². The van der Waals surface area contributed by atoms with Crippen molar-refractivity contribution in [2.45, 2.75) is 38.8 Å². The second kappa shape index (κ2) is 6.05. The SMILES string of the molecule is CCn1nc(C)c(C(=O)N2CCS(=O)(=O)c3ccccc3C2)c1C. The maximum absolute atomic E-state index is 13.0. The van der Waals surface area contributed by atoms with E-state index >= 15 is 0 Å². The van der Waals surface area contributed by atoms with E-state index in [4.69, 9.17) is 0 Å². The lowest BCUT2D eigenvalue weighted by Crippen LogP contribution is -2.33. The van der Waals surface area contributed by atoms with Gasteiger partial charge in [0.2, 0.25) is 0 Å². The molecule has 1 amide bonds. The maximum atomic E-state index is 13.0. The Bertz CT molecular complexity index is 900. The average Bonchev–Trinajstić information content (AvgIpc) is 2.76. The number of aromatic nitrogens is 2. The van der Waals surface area contributed by atoms with Crippen molar-refractivity contribution in [1.82, 2.24) is 14.7 Å². The fraction of sp³-hybridized carbons (Fsp3) is 0.412. The predicted molar refractivity (Wildman–Crippen MR) is 90.6 cm³/mol. The number of carbonyl (C=O) groups excluding carboxylic acids is 1. The van der Waals surface area contributed by atoms with Crippen molar-refractivity contribution in [3.05, 3.63) is 46.8 Å². The molecule has 7 heteroatoms. The van der Waals surface area contributed by atoms with Gasteiger partial charge in [0, 0.05) is 25.3 Å². The number of amides is 1. The Morgan fingerprint density at radius 2 is 1.96 bits per heavy atom. The Morgan fingerprint density at radius 1 is 1.25 bits per heavy atom. The quantitative estimate of drug-likeness (QED) is 0.832. The number of carbonyl (C=O) groups is 1. The van der Waals surface area contributed by atoms with Gasteiger partial charge in [0.05, 0.1) is 21.9 Å². The van der Waals surface area contributed by atoms with Crippen LogP contribution in [0.25, 0.3) is 0 Å². The van der Waals surface area contributed by atoms with E-state index < -0.39 is 9.84 Å². The molecular weight excluding hydrogens is 326 g/mol. The fourth-order valence-corrected chi connectivity index (χ4v) is 4.71. The van der Waals surface area contributed by atoms with Crippen LogP contribution in [0.2, 0.25) is 0 Å². The summed E-state index contributed by atoms with van der Waals surface area (Å²) in [6.07, 6.45) is 0. The van der Waals surface area contributed by atoms with Crippen molar-refractivity contribution in [1.29, 1.82) is 0 Å². The van der Waals surface area contributed by atoms with Crippen molar-refractivity contribution < 1.29 is 13.2 Å². The molecule has 0 atom stereocenters. The smallest absolute Gasteiger partial charge is 0.257 e. The summed E-state index contributed by atoms with van der Waals surface area (Å²) in [5.74, 6) is -0.216. The molecule has 1 aliphatic rings. The highest BCUT2D eigenvalue weighted by Crippen LogP contribution is 2.25. The van der Waals surface area contributed by atoms with Gasteiger partial charge >= 0.3 is 0 Å². The highest BCUT2D eigenvalue weighted by atomic mass is 32.2. The Kier molecular flexibility index (Phi) is 4.21. The van der Waals surface area contributed by atoms with Crippen LogP contribution in [0.15, 0.2) is 29.2 Å². The van der Waals surface area contributed by atoms with Crippen LogP contribution in [0.1, 0.15) is 34.2 Å². The van der Waals surface area contributed by atoms with Gasteiger partial charge in [-0.25, -0.2) is 8.42 Å². The molecule has 1 aromatic carbocycles. The van der Waals surface area contributed by atoms with E-state index in [9.17, 15) is 13.2 Å². The maximum Gasteiger partial charge on any atom is 0.257 e. The van der Waals surface area contributed by atoms with Gasteiger partial charge in [0.25, 0.3) is 5.91 Å². The Balaban J connectivity index is 2.00. The molecule has 6 nitrogen and oxygen atoms in total. The van der Waals surface area contributed by atoms with Crippen LogP contribution in [0.5, 0.6) is 0 Å². The molecule has 0 aliphatic carbocycles. The molecule has 0 N–H and O–H groups in total. The monoisotopic (exact) mass is 347 g/mol. The van der Waals surface area contributed by atoms with E-state index in [1.54, 1.807) is 33.8 Å². The third kappa shape index (κ3) is 2.73. The lowest BCUT2D eigenvalue weighted by atomic mass is 10.1. The zero-order valence-electron chi connectivity index (χ0n) is 14.1. The van der Waals surface area contributed by atoms with Crippen molar-refractivity contribution in [3.8, 4) is 0 Å². The summed E-state index contributed by atoms with van der Waals surface area (Å²) in [5.41, 5.74) is 2.75. The summed E-state index contributed by atoms with van der Waals surface area (Å²) >= 11 is 0. The molecule has 0 saturated heterocycles. The first-order chi connectivity index (χ1) is 11.3. The molecule has 128 valence electrons. The number of fused-ring (bicyclic) bond motifs is 1. The van der Waals surface area contributed by atoms with Crippen LogP contribution in [0, 0.1) is 13.8 Å².